The van der Waals surface area contributed by atoms with Crippen molar-refractivity contribution < 1.29 is 0 Å². The minimum Gasteiger partial charge on any atom is -0.103 e. The number of hydrogen-bond donors (Lipinski definition) is 0. The molecule has 0 aromatic rings. The zero-order valence-electron chi connectivity index (χ0n) is 32.9. The Morgan fingerprint density at radius 3 is 1.92 bits per heavy atom. The van der Waals surface area contributed by atoms with Gasteiger partial charge in [-0.1, -0.05) is 83.2 Å². The summed E-state index contributed by atoms with van der Waals surface area (Å²) in [5, 5.41) is 0. The lowest BCUT2D eigenvalue weighted by atomic mass is 9.43. The molecule has 4 saturated carbocycles. The molecule has 0 aromatic heterocycles. The van der Waals surface area contributed by atoms with Crippen LogP contribution in [0, 0.1) is 64.1 Å². The molecule has 272 valence electrons. The second kappa shape index (κ2) is 18.3. The molecule has 0 heteroatoms. The third-order valence-electron chi connectivity index (χ3n) is 15.6. The summed E-state index contributed by atoms with van der Waals surface area (Å²) in [5.74, 6) is 7.86. The van der Waals surface area contributed by atoms with E-state index >= 15 is 0 Å². The molecule has 4 aliphatic rings. The van der Waals surface area contributed by atoms with E-state index in [2.05, 4.69) is 67.0 Å². The Kier molecular flexibility index (Phi) is 15.0. The maximum absolute atomic E-state index is 4.72. The molecule has 0 aromatic carbocycles. The third kappa shape index (κ3) is 9.52. The van der Waals surface area contributed by atoms with Gasteiger partial charge in [0.05, 0.1) is 0 Å². The molecule has 0 spiro atoms. The average Bonchev–Trinajstić information content (AvgIpc) is 3.42. The summed E-state index contributed by atoms with van der Waals surface area (Å²) in [5.41, 5.74) is 5.63. The molecule has 0 amide bonds. The van der Waals surface area contributed by atoms with Crippen LogP contribution < -0.4 is 0 Å². The molecule has 0 saturated heterocycles. The number of fused-ring (bicyclic) bond motifs is 5. The van der Waals surface area contributed by atoms with Gasteiger partial charge < -0.3 is 0 Å². The molecule has 0 heterocycles. The van der Waals surface area contributed by atoms with Crippen LogP contribution >= 0.6 is 0 Å². The van der Waals surface area contributed by atoms with E-state index in [9.17, 15) is 0 Å². The molecule has 9 unspecified atom stereocenters. The highest BCUT2D eigenvalue weighted by Crippen LogP contribution is 2.69. The molecule has 4 rings (SSSR count). The van der Waals surface area contributed by atoms with Crippen LogP contribution in [0.2, 0.25) is 0 Å². The fourth-order valence-electron chi connectivity index (χ4n) is 12.4. The van der Waals surface area contributed by atoms with E-state index in [1.165, 1.54) is 140 Å². The van der Waals surface area contributed by atoms with E-state index in [0.717, 1.165) is 60.2 Å². The average molecular weight is 657 g/mol. The van der Waals surface area contributed by atoms with Crippen molar-refractivity contribution in [2.75, 3.05) is 0 Å². The second-order valence-corrected chi connectivity index (χ2v) is 18.8. The number of rotatable bonds is 21. The van der Waals surface area contributed by atoms with Gasteiger partial charge in [-0.15, -0.1) is 13.2 Å². The van der Waals surface area contributed by atoms with E-state index in [0.29, 0.717) is 16.7 Å². The molecule has 0 N–H and O–H groups in total. The van der Waals surface area contributed by atoms with Crippen molar-refractivity contribution in [2.24, 2.45) is 64.1 Å². The molecule has 0 radical (unpaired) electrons. The molecular weight excluding hydrogens is 577 g/mol. The van der Waals surface area contributed by atoms with Crippen molar-refractivity contribution in [2.45, 2.75) is 176 Å². The Hall–Kier alpha value is -1.30. The fourth-order valence-corrected chi connectivity index (χ4v) is 12.4. The molecule has 4 aliphatic carbocycles. The minimum absolute atomic E-state index is 0.578. The second-order valence-electron chi connectivity index (χ2n) is 18.8. The molecule has 0 aliphatic heterocycles. The molecule has 0 bridgehead atoms. The zero-order chi connectivity index (χ0) is 34.9. The van der Waals surface area contributed by atoms with E-state index in [1.54, 1.807) is 5.57 Å². The number of allylic oxidation sites excluding steroid dienone is 5. The zero-order valence-corrected chi connectivity index (χ0v) is 32.9. The molecule has 0 nitrogen and oxygen atoms in total. The van der Waals surface area contributed by atoms with Gasteiger partial charge in [-0.3, -0.25) is 0 Å². The summed E-state index contributed by atoms with van der Waals surface area (Å²) in [6, 6.07) is 0. The van der Waals surface area contributed by atoms with Gasteiger partial charge >= 0.3 is 0 Å². The lowest BCUT2D eigenvalue weighted by Gasteiger charge is -2.61. The predicted octanol–water partition coefficient (Wildman–Crippen LogP) is 15.3. The summed E-state index contributed by atoms with van der Waals surface area (Å²) >= 11 is 0. The van der Waals surface area contributed by atoms with E-state index in [-0.39, 0.29) is 0 Å². The van der Waals surface area contributed by atoms with Crippen LogP contribution in [0.15, 0.2) is 61.8 Å². The van der Waals surface area contributed by atoms with E-state index in [1.807, 2.05) is 6.08 Å². The maximum atomic E-state index is 4.72. The van der Waals surface area contributed by atoms with Crippen LogP contribution in [0.4, 0.5) is 0 Å². The van der Waals surface area contributed by atoms with Crippen molar-refractivity contribution in [3.63, 3.8) is 0 Å². The predicted molar refractivity (Wildman–Crippen MR) is 214 cm³/mol. The Morgan fingerprint density at radius 2 is 1.29 bits per heavy atom. The van der Waals surface area contributed by atoms with Crippen LogP contribution in [-0.4, -0.2) is 0 Å². The standard InChI is InChI=1S/C48H80/c1-11-13-14-19-36(5)20-15-16-21-37(6)22-17-18-23-38(7)41-30-32-47(9)42(34-41)26-27-43-45-29-28-44(48(45,10)33-31-46(43)47)39(8)24-25-40(12-2)35(3)4/h11-12,35,39-46H,1-2,5-7,13-34H2,3-4,8-10H3/t39?,40?,41-,42?,43?,44?,45?,46?,47?,48?/m0/s1. The Bertz CT molecular complexity index is 1070. The normalized spacial score (nSPS) is 34.0. The minimum atomic E-state index is 0.578. The lowest BCUT2D eigenvalue weighted by Crippen LogP contribution is -2.53. The van der Waals surface area contributed by atoms with Crippen LogP contribution in [0.25, 0.3) is 0 Å². The van der Waals surface area contributed by atoms with Crippen molar-refractivity contribution in [1.82, 2.24) is 0 Å². The summed E-state index contributed by atoms with van der Waals surface area (Å²) in [4.78, 5) is 0. The molecular formula is C48H80. The van der Waals surface area contributed by atoms with Gasteiger partial charge in [0.2, 0.25) is 0 Å². The van der Waals surface area contributed by atoms with Crippen molar-refractivity contribution in [3.05, 3.63) is 61.8 Å². The molecule has 48 heavy (non-hydrogen) atoms. The summed E-state index contributed by atoms with van der Waals surface area (Å²) in [6.07, 6.45) is 33.7. The van der Waals surface area contributed by atoms with Crippen LogP contribution in [0.3, 0.4) is 0 Å². The topological polar surface area (TPSA) is 0 Å². The Balaban J connectivity index is 1.18. The van der Waals surface area contributed by atoms with Crippen molar-refractivity contribution in [3.8, 4) is 0 Å². The van der Waals surface area contributed by atoms with Crippen LogP contribution in [-0.2, 0) is 0 Å². The monoisotopic (exact) mass is 657 g/mol. The van der Waals surface area contributed by atoms with Crippen molar-refractivity contribution >= 4 is 0 Å². The first-order chi connectivity index (χ1) is 22.9. The van der Waals surface area contributed by atoms with Gasteiger partial charge in [0.15, 0.2) is 0 Å². The van der Waals surface area contributed by atoms with Crippen LogP contribution in [0.1, 0.15) is 176 Å². The van der Waals surface area contributed by atoms with Gasteiger partial charge in [-0.05, 0) is 205 Å². The smallest absolute Gasteiger partial charge is 0.0203 e. The maximum Gasteiger partial charge on any atom is -0.0203 e. The fraction of sp³-hybridized carbons (Fsp3) is 0.792. The number of unbranched alkanes of at least 4 members (excludes halogenated alkanes) is 3. The third-order valence-corrected chi connectivity index (χ3v) is 15.6. The van der Waals surface area contributed by atoms with E-state index < -0.39 is 0 Å². The highest BCUT2D eigenvalue weighted by atomic mass is 14.6. The highest BCUT2D eigenvalue weighted by molar-refractivity contribution is 5.12. The summed E-state index contributed by atoms with van der Waals surface area (Å²) < 4.78 is 0. The SMILES string of the molecule is C=CCCCC(=C)CCCCC(=C)CCCCC(=C)[C@H]1CCC2(C)C(CCC3C2CCC2(C)C(C(C)CCC(C=C)C(C)C)CCC32)C1. The first-order valence-corrected chi connectivity index (χ1v) is 21.2. The first kappa shape index (κ1) is 39.5. The van der Waals surface area contributed by atoms with Crippen molar-refractivity contribution in [1.29, 1.82) is 0 Å². The van der Waals surface area contributed by atoms with Gasteiger partial charge in [-0.25, -0.2) is 0 Å². The lowest BCUT2D eigenvalue weighted by molar-refractivity contribution is -0.119. The summed E-state index contributed by atoms with van der Waals surface area (Å²) in [7, 11) is 0. The van der Waals surface area contributed by atoms with Gasteiger partial charge in [0, 0.05) is 0 Å². The molecule has 10 atom stereocenters. The largest absolute Gasteiger partial charge is 0.103 e. The first-order valence-electron chi connectivity index (χ1n) is 21.2. The summed E-state index contributed by atoms with van der Waals surface area (Å²) in [6.45, 7) is 34.3. The van der Waals surface area contributed by atoms with Crippen LogP contribution in [0.5, 0.6) is 0 Å². The Labute approximate surface area is 300 Å². The van der Waals surface area contributed by atoms with Gasteiger partial charge in [0.1, 0.15) is 0 Å². The highest BCUT2D eigenvalue weighted by Gasteiger charge is 2.60. The van der Waals surface area contributed by atoms with E-state index in [4.69, 9.17) is 6.58 Å². The Morgan fingerprint density at radius 1 is 0.688 bits per heavy atom. The van der Waals surface area contributed by atoms with Gasteiger partial charge in [0.25, 0.3) is 0 Å². The molecule has 4 fully saturated rings. The van der Waals surface area contributed by atoms with Gasteiger partial charge in [-0.2, -0.15) is 0 Å². The number of hydrogen-bond acceptors (Lipinski definition) is 0. The quantitative estimate of drug-likeness (QED) is 0.0852.